The molecule has 0 aliphatic rings. The van der Waals surface area contributed by atoms with E-state index in [9.17, 15) is 4.79 Å². The summed E-state index contributed by atoms with van der Waals surface area (Å²) in [6, 6.07) is 21.6. The molecule has 2 nitrogen and oxygen atoms in total. The van der Waals surface area contributed by atoms with E-state index in [1.165, 1.54) is 5.56 Å². The number of carbonyl (C=O) groups excluding carboxylic acids is 1. The van der Waals surface area contributed by atoms with E-state index in [1.807, 2.05) is 67.7 Å². The summed E-state index contributed by atoms with van der Waals surface area (Å²) in [5.41, 5.74) is 4.11. The lowest BCUT2D eigenvalue weighted by atomic mass is 10.1. The zero-order valence-corrected chi connectivity index (χ0v) is 12.0. The first-order chi connectivity index (χ1) is 10.3. The van der Waals surface area contributed by atoms with Crippen LogP contribution < -0.4 is 0 Å². The van der Waals surface area contributed by atoms with Crippen molar-refractivity contribution in [2.24, 2.45) is 0 Å². The largest absolute Gasteiger partial charge is 0.287 e. The summed E-state index contributed by atoms with van der Waals surface area (Å²) >= 11 is 0. The molecule has 1 heterocycles. The van der Waals surface area contributed by atoms with Gasteiger partial charge < -0.3 is 0 Å². The van der Waals surface area contributed by atoms with E-state index in [0.717, 1.165) is 17.7 Å². The Hall–Kier alpha value is -2.61. The monoisotopic (exact) mass is 275 g/mol. The average molecular weight is 275 g/mol. The van der Waals surface area contributed by atoms with Crippen molar-refractivity contribution in [3.63, 3.8) is 0 Å². The molecule has 3 rings (SSSR count). The summed E-state index contributed by atoms with van der Waals surface area (Å²) in [5, 5.41) is 0. The molecule has 104 valence electrons. The van der Waals surface area contributed by atoms with Crippen LogP contribution in [0, 0.1) is 6.92 Å². The highest BCUT2D eigenvalue weighted by atomic mass is 16.2. The van der Waals surface area contributed by atoms with Crippen LogP contribution in [0.4, 0.5) is 0 Å². The summed E-state index contributed by atoms with van der Waals surface area (Å²) in [5.74, 6) is 0.0228. The SMILES string of the molecule is Cc1ccn(C(=O)c2ccccc2)c1Cc1ccccc1. The van der Waals surface area contributed by atoms with Gasteiger partial charge in [0.15, 0.2) is 0 Å². The Labute approximate surface area is 124 Å². The van der Waals surface area contributed by atoms with Crippen LogP contribution in [0.5, 0.6) is 0 Å². The second-order valence-electron chi connectivity index (χ2n) is 5.15. The summed E-state index contributed by atoms with van der Waals surface area (Å²) in [7, 11) is 0. The predicted octanol–water partition coefficient (Wildman–Crippen LogP) is 4.08. The van der Waals surface area contributed by atoms with E-state index in [1.54, 1.807) is 4.57 Å². The van der Waals surface area contributed by atoms with Gasteiger partial charge in [-0.3, -0.25) is 9.36 Å². The standard InChI is InChI=1S/C19H17NO/c1-15-12-13-20(19(21)17-10-6-3-7-11-17)18(15)14-16-8-4-2-5-9-16/h2-13H,14H2,1H3. The summed E-state index contributed by atoms with van der Waals surface area (Å²) in [6.07, 6.45) is 2.63. The maximum atomic E-state index is 12.6. The second-order valence-corrected chi connectivity index (χ2v) is 5.15. The minimum Gasteiger partial charge on any atom is -0.287 e. The number of aromatic nitrogens is 1. The lowest BCUT2D eigenvalue weighted by molar-refractivity contribution is 0.0957. The number of benzene rings is 2. The van der Waals surface area contributed by atoms with Crippen LogP contribution in [0.1, 0.15) is 27.2 Å². The molecule has 0 saturated carbocycles. The van der Waals surface area contributed by atoms with Crippen molar-refractivity contribution < 1.29 is 4.79 Å². The fourth-order valence-electron chi connectivity index (χ4n) is 2.49. The fraction of sp³-hybridized carbons (Fsp3) is 0.105. The molecule has 3 aromatic rings. The quantitative estimate of drug-likeness (QED) is 0.706. The Morgan fingerprint density at radius 1 is 0.905 bits per heavy atom. The molecule has 0 spiro atoms. The molecule has 0 amide bonds. The number of hydrogen-bond acceptors (Lipinski definition) is 1. The topological polar surface area (TPSA) is 22.0 Å². The van der Waals surface area contributed by atoms with Crippen LogP contribution in [0.25, 0.3) is 0 Å². The molecule has 0 unspecified atom stereocenters. The average Bonchev–Trinajstić information content (AvgIpc) is 2.90. The smallest absolute Gasteiger partial charge is 0.262 e. The van der Waals surface area contributed by atoms with Crippen LogP contribution in [-0.2, 0) is 6.42 Å². The molecule has 0 aliphatic carbocycles. The Kier molecular flexibility index (Phi) is 3.69. The van der Waals surface area contributed by atoms with E-state index in [4.69, 9.17) is 0 Å². The van der Waals surface area contributed by atoms with Crippen molar-refractivity contribution in [3.8, 4) is 0 Å². The van der Waals surface area contributed by atoms with Gasteiger partial charge in [0.2, 0.25) is 0 Å². The normalized spacial score (nSPS) is 10.5. The number of aryl methyl sites for hydroxylation is 1. The molecule has 0 fully saturated rings. The number of hydrogen-bond donors (Lipinski definition) is 0. The van der Waals surface area contributed by atoms with Crippen molar-refractivity contribution >= 4 is 5.91 Å². The zero-order valence-electron chi connectivity index (χ0n) is 12.0. The number of rotatable bonds is 3. The zero-order chi connectivity index (χ0) is 14.7. The molecule has 0 atom stereocenters. The van der Waals surface area contributed by atoms with Crippen LogP contribution in [0.3, 0.4) is 0 Å². The van der Waals surface area contributed by atoms with Crippen LogP contribution in [-0.4, -0.2) is 10.5 Å². The highest BCUT2D eigenvalue weighted by Crippen LogP contribution is 2.17. The first kappa shape index (κ1) is 13.4. The Balaban J connectivity index is 1.96. The molecule has 0 radical (unpaired) electrons. The molecule has 21 heavy (non-hydrogen) atoms. The number of carbonyl (C=O) groups is 1. The first-order valence-corrected chi connectivity index (χ1v) is 7.06. The van der Waals surface area contributed by atoms with Gasteiger partial charge in [0.25, 0.3) is 5.91 Å². The number of nitrogens with zero attached hydrogens (tertiary/aromatic N) is 1. The van der Waals surface area contributed by atoms with Crippen molar-refractivity contribution in [1.82, 2.24) is 4.57 Å². The van der Waals surface area contributed by atoms with Crippen molar-refractivity contribution in [2.75, 3.05) is 0 Å². The Morgan fingerprint density at radius 2 is 1.52 bits per heavy atom. The fourth-order valence-corrected chi connectivity index (χ4v) is 2.49. The van der Waals surface area contributed by atoms with Crippen LogP contribution in [0.15, 0.2) is 72.9 Å². The van der Waals surface area contributed by atoms with Gasteiger partial charge in [-0.25, -0.2) is 0 Å². The Bertz CT molecular complexity index is 742. The first-order valence-electron chi connectivity index (χ1n) is 7.06. The van der Waals surface area contributed by atoms with Crippen molar-refractivity contribution in [1.29, 1.82) is 0 Å². The van der Waals surface area contributed by atoms with Gasteiger partial charge in [0, 0.05) is 23.9 Å². The van der Waals surface area contributed by atoms with Crippen LogP contribution in [0.2, 0.25) is 0 Å². The minimum absolute atomic E-state index is 0.0228. The van der Waals surface area contributed by atoms with E-state index in [-0.39, 0.29) is 5.91 Å². The van der Waals surface area contributed by atoms with Gasteiger partial charge in [0.05, 0.1) is 0 Å². The van der Waals surface area contributed by atoms with E-state index in [0.29, 0.717) is 5.56 Å². The second kappa shape index (κ2) is 5.80. The molecular formula is C19H17NO. The van der Waals surface area contributed by atoms with Crippen molar-refractivity contribution in [3.05, 3.63) is 95.3 Å². The van der Waals surface area contributed by atoms with Crippen molar-refractivity contribution in [2.45, 2.75) is 13.3 Å². The van der Waals surface area contributed by atoms with E-state index < -0.39 is 0 Å². The third-order valence-electron chi connectivity index (χ3n) is 3.67. The van der Waals surface area contributed by atoms with Gasteiger partial charge in [-0.1, -0.05) is 48.5 Å². The van der Waals surface area contributed by atoms with Gasteiger partial charge in [-0.15, -0.1) is 0 Å². The molecular weight excluding hydrogens is 258 g/mol. The summed E-state index contributed by atoms with van der Waals surface area (Å²) in [6.45, 7) is 2.05. The third-order valence-corrected chi connectivity index (χ3v) is 3.67. The maximum absolute atomic E-state index is 12.6. The third kappa shape index (κ3) is 2.79. The van der Waals surface area contributed by atoms with E-state index in [2.05, 4.69) is 12.1 Å². The highest BCUT2D eigenvalue weighted by Gasteiger charge is 2.14. The lowest BCUT2D eigenvalue weighted by Gasteiger charge is -2.09. The van der Waals surface area contributed by atoms with Gasteiger partial charge >= 0.3 is 0 Å². The molecule has 0 saturated heterocycles. The van der Waals surface area contributed by atoms with Gasteiger partial charge in [-0.2, -0.15) is 0 Å². The van der Waals surface area contributed by atoms with Gasteiger partial charge in [-0.05, 0) is 36.2 Å². The summed E-state index contributed by atoms with van der Waals surface area (Å²) < 4.78 is 1.76. The molecule has 0 aliphatic heterocycles. The van der Waals surface area contributed by atoms with E-state index >= 15 is 0 Å². The summed E-state index contributed by atoms with van der Waals surface area (Å²) in [4.78, 5) is 12.6. The highest BCUT2D eigenvalue weighted by molar-refractivity contribution is 5.96. The van der Waals surface area contributed by atoms with Crippen LogP contribution >= 0.6 is 0 Å². The Morgan fingerprint density at radius 3 is 2.19 bits per heavy atom. The molecule has 2 heteroatoms. The molecule has 0 N–H and O–H groups in total. The predicted molar refractivity (Wildman–Crippen MR) is 84.6 cm³/mol. The molecule has 2 aromatic carbocycles. The lowest BCUT2D eigenvalue weighted by Crippen LogP contribution is -2.14. The molecule has 1 aromatic heterocycles. The minimum atomic E-state index is 0.0228. The molecule has 0 bridgehead atoms. The van der Waals surface area contributed by atoms with Gasteiger partial charge in [0.1, 0.15) is 0 Å². The maximum Gasteiger partial charge on any atom is 0.262 e.